The van der Waals surface area contributed by atoms with Crippen LogP contribution >= 0.6 is 11.3 Å². The zero-order valence-corrected chi connectivity index (χ0v) is 30.1. The Morgan fingerprint density at radius 1 is 0.418 bits per heavy atom. The van der Waals surface area contributed by atoms with Crippen LogP contribution in [0.15, 0.2) is 174 Å². The summed E-state index contributed by atoms with van der Waals surface area (Å²) in [6.45, 7) is 0. The topological polar surface area (TPSA) is 56.7 Å². The van der Waals surface area contributed by atoms with Gasteiger partial charge >= 0.3 is 0 Å². The molecular weight excluding hydrogens is 693 g/mol. The molecule has 4 aromatic heterocycles. The van der Waals surface area contributed by atoms with Crippen LogP contribution in [0.5, 0.6) is 0 Å². The summed E-state index contributed by atoms with van der Waals surface area (Å²) in [4.78, 5) is 15.2. The van der Waals surface area contributed by atoms with E-state index in [1.165, 1.54) is 30.9 Å². The van der Waals surface area contributed by atoms with Crippen LogP contribution in [0.4, 0.5) is 0 Å². The molecule has 0 bridgehead atoms. The summed E-state index contributed by atoms with van der Waals surface area (Å²) in [5.41, 5.74) is 7.79. The average molecular weight is 721 g/mol. The molecule has 0 atom stereocenters. The van der Waals surface area contributed by atoms with Crippen molar-refractivity contribution >= 4 is 86.0 Å². The lowest BCUT2D eigenvalue weighted by atomic mass is 9.99. The smallest absolute Gasteiger partial charge is 0.164 e. The van der Waals surface area contributed by atoms with Gasteiger partial charge in [0.1, 0.15) is 5.58 Å². The van der Waals surface area contributed by atoms with E-state index in [1.807, 2.05) is 72.0 Å². The van der Waals surface area contributed by atoms with Crippen LogP contribution < -0.4 is 0 Å². The minimum absolute atomic E-state index is 0.617. The van der Waals surface area contributed by atoms with Gasteiger partial charge in [-0.25, -0.2) is 15.0 Å². The standard InChI is InChI=1S/C49H28N4OS/c1-3-14-29(15-4-1)47-50-48(30-16-5-2-6-17-30)52-49(51-47)38-28-37-34-22-13-24-41(45(34)54-44(37)33-20-8-7-18-31(33)38)53-39-23-11-9-21-36(39)43-40(53)27-26-35-32-19-10-12-25-42(32)55-46(35)43/h1-28H. The molecule has 256 valence electrons. The Kier molecular flexibility index (Phi) is 6.44. The molecule has 55 heavy (non-hydrogen) atoms. The van der Waals surface area contributed by atoms with Gasteiger partial charge < -0.3 is 8.98 Å². The molecule has 0 N–H and O–H groups in total. The molecule has 0 aliphatic heterocycles. The molecule has 12 rings (SSSR count). The Labute approximate surface area is 318 Å². The SMILES string of the molecule is c1ccc(-c2nc(-c3ccccc3)nc(-c3cc4c5cccc(-n6c7ccccc7c7c8sc9ccccc9c8ccc76)c5oc4c4ccccc34)n2)cc1. The third-order valence-corrected chi connectivity index (χ3v) is 12.0. The van der Waals surface area contributed by atoms with Crippen LogP contribution in [0.2, 0.25) is 0 Å². The number of thiophene rings is 1. The van der Waals surface area contributed by atoms with Gasteiger partial charge in [-0.1, -0.05) is 140 Å². The number of nitrogens with zero attached hydrogens (tertiary/aromatic N) is 4. The van der Waals surface area contributed by atoms with Gasteiger partial charge in [0.15, 0.2) is 23.1 Å². The highest BCUT2D eigenvalue weighted by Crippen LogP contribution is 2.46. The van der Waals surface area contributed by atoms with Gasteiger partial charge in [-0.3, -0.25) is 0 Å². The van der Waals surface area contributed by atoms with Gasteiger partial charge in [0.05, 0.1) is 16.7 Å². The third kappa shape index (κ3) is 4.49. The summed E-state index contributed by atoms with van der Waals surface area (Å²) in [5, 5.41) is 9.17. The number of hydrogen-bond donors (Lipinski definition) is 0. The summed E-state index contributed by atoms with van der Waals surface area (Å²) in [6.07, 6.45) is 0. The fraction of sp³-hybridized carbons (Fsp3) is 0. The zero-order valence-electron chi connectivity index (χ0n) is 29.3. The highest BCUT2D eigenvalue weighted by atomic mass is 32.1. The molecule has 0 radical (unpaired) electrons. The number of benzene rings is 8. The van der Waals surface area contributed by atoms with E-state index in [1.54, 1.807) is 0 Å². The van der Waals surface area contributed by atoms with Crippen molar-refractivity contribution in [3.05, 3.63) is 170 Å². The molecule has 6 heteroatoms. The van der Waals surface area contributed by atoms with Crippen molar-refractivity contribution in [3.8, 4) is 39.9 Å². The monoisotopic (exact) mass is 720 g/mol. The second-order valence-corrected chi connectivity index (χ2v) is 15.0. The van der Waals surface area contributed by atoms with Crippen molar-refractivity contribution in [2.45, 2.75) is 0 Å². The van der Waals surface area contributed by atoms with Gasteiger partial charge in [0.2, 0.25) is 0 Å². The molecule has 12 aromatic rings. The predicted molar refractivity (Wildman–Crippen MR) is 228 cm³/mol. The summed E-state index contributed by atoms with van der Waals surface area (Å²) in [5.74, 6) is 1.88. The van der Waals surface area contributed by atoms with E-state index < -0.39 is 0 Å². The number of furan rings is 1. The largest absolute Gasteiger partial charge is 0.453 e. The molecule has 0 saturated carbocycles. The van der Waals surface area contributed by atoms with E-state index in [9.17, 15) is 0 Å². The summed E-state index contributed by atoms with van der Waals surface area (Å²) in [6, 6.07) is 59.4. The maximum absolute atomic E-state index is 7.06. The average Bonchev–Trinajstić information content (AvgIpc) is 3.94. The molecule has 8 aromatic carbocycles. The van der Waals surface area contributed by atoms with E-state index in [0.717, 1.165) is 66.1 Å². The second-order valence-electron chi connectivity index (χ2n) is 13.9. The first kappa shape index (κ1) is 30.3. The maximum Gasteiger partial charge on any atom is 0.164 e. The molecule has 5 nitrogen and oxygen atoms in total. The van der Waals surface area contributed by atoms with E-state index in [0.29, 0.717) is 17.5 Å². The number of hydrogen-bond acceptors (Lipinski definition) is 5. The summed E-state index contributed by atoms with van der Waals surface area (Å²) >= 11 is 1.87. The summed E-state index contributed by atoms with van der Waals surface area (Å²) < 4.78 is 12.0. The highest BCUT2D eigenvalue weighted by molar-refractivity contribution is 7.26. The minimum Gasteiger partial charge on any atom is -0.453 e. The first-order chi connectivity index (χ1) is 27.3. The van der Waals surface area contributed by atoms with Crippen molar-refractivity contribution in [1.82, 2.24) is 19.5 Å². The molecule has 0 spiro atoms. The van der Waals surface area contributed by atoms with Crippen LogP contribution in [-0.4, -0.2) is 19.5 Å². The molecular formula is C49H28N4OS. The Bertz CT molecular complexity index is 3430. The van der Waals surface area contributed by atoms with Gasteiger partial charge in [0, 0.05) is 63.8 Å². The molecule has 4 heterocycles. The number of para-hydroxylation sites is 2. The predicted octanol–water partition coefficient (Wildman–Crippen LogP) is 13.4. The minimum atomic E-state index is 0.617. The fourth-order valence-corrected chi connectivity index (χ4v) is 9.65. The van der Waals surface area contributed by atoms with Crippen molar-refractivity contribution in [1.29, 1.82) is 0 Å². The molecule has 0 amide bonds. The van der Waals surface area contributed by atoms with Crippen molar-refractivity contribution in [2.24, 2.45) is 0 Å². The Balaban J connectivity index is 1.14. The fourth-order valence-electron chi connectivity index (χ4n) is 8.39. The zero-order chi connectivity index (χ0) is 36.0. The van der Waals surface area contributed by atoms with Crippen molar-refractivity contribution in [2.75, 3.05) is 0 Å². The van der Waals surface area contributed by atoms with Gasteiger partial charge in [-0.2, -0.15) is 0 Å². The van der Waals surface area contributed by atoms with Crippen LogP contribution in [0.3, 0.4) is 0 Å². The molecule has 0 unspecified atom stereocenters. The van der Waals surface area contributed by atoms with Crippen LogP contribution in [0.25, 0.3) is 115 Å². The van der Waals surface area contributed by atoms with Crippen LogP contribution in [-0.2, 0) is 0 Å². The lowest BCUT2D eigenvalue weighted by Crippen LogP contribution is -2.00. The molecule has 0 aliphatic carbocycles. The molecule has 0 aliphatic rings. The van der Waals surface area contributed by atoms with Crippen molar-refractivity contribution < 1.29 is 4.42 Å². The number of rotatable bonds is 4. The third-order valence-electron chi connectivity index (χ3n) is 10.8. The maximum atomic E-state index is 7.06. The molecule has 0 saturated heterocycles. The Hall–Kier alpha value is -7.15. The normalized spacial score (nSPS) is 12.0. The van der Waals surface area contributed by atoms with Gasteiger partial charge in [0.25, 0.3) is 0 Å². The summed E-state index contributed by atoms with van der Waals surface area (Å²) in [7, 11) is 0. The van der Waals surface area contributed by atoms with Gasteiger partial charge in [-0.15, -0.1) is 11.3 Å². The van der Waals surface area contributed by atoms with E-state index in [-0.39, 0.29) is 0 Å². The second kappa shape index (κ2) is 11.7. The first-order valence-corrected chi connectivity index (χ1v) is 19.2. The lowest BCUT2D eigenvalue weighted by Gasteiger charge is -2.11. The number of fused-ring (bicyclic) bond motifs is 12. The van der Waals surface area contributed by atoms with Crippen LogP contribution in [0.1, 0.15) is 0 Å². The molecule has 0 fully saturated rings. The van der Waals surface area contributed by atoms with Gasteiger partial charge in [-0.05, 0) is 35.7 Å². The van der Waals surface area contributed by atoms with Crippen molar-refractivity contribution in [3.63, 3.8) is 0 Å². The van der Waals surface area contributed by atoms with E-state index in [2.05, 4.69) is 114 Å². The first-order valence-electron chi connectivity index (χ1n) is 18.4. The van der Waals surface area contributed by atoms with Crippen LogP contribution in [0, 0.1) is 0 Å². The Morgan fingerprint density at radius 3 is 1.78 bits per heavy atom. The Morgan fingerprint density at radius 2 is 1.02 bits per heavy atom. The quantitative estimate of drug-likeness (QED) is 0.182. The highest BCUT2D eigenvalue weighted by Gasteiger charge is 2.23. The lowest BCUT2D eigenvalue weighted by molar-refractivity contribution is 0.670. The number of aromatic nitrogens is 4. The van der Waals surface area contributed by atoms with E-state index in [4.69, 9.17) is 19.4 Å². The van der Waals surface area contributed by atoms with E-state index >= 15 is 0 Å².